The molecule has 1 atom stereocenters. The van der Waals surface area contributed by atoms with E-state index in [1.54, 1.807) is 11.8 Å². The molecule has 0 aromatic heterocycles. The highest BCUT2D eigenvalue weighted by atomic mass is 79.9. The van der Waals surface area contributed by atoms with Crippen LogP contribution < -0.4 is 5.32 Å². The average Bonchev–Trinajstić information content (AvgIpc) is 2.95. The molecule has 1 aromatic rings. The first-order valence-electron chi connectivity index (χ1n) is 7.12. The summed E-state index contributed by atoms with van der Waals surface area (Å²) in [6, 6.07) is 7.80. The summed E-state index contributed by atoms with van der Waals surface area (Å²) >= 11 is 5.09. The van der Waals surface area contributed by atoms with Crippen molar-refractivity contribution < 1.29 is 4.65 Å². The van der Waals surface area contributed by atoms with Gasteiger partial charge in [0.05, 0.1) is 6.54 Å². The summed E-state index contributed by atoms with van der Waals surface area (Å²) in [5, 5.41) is 17.2. The zero-order chi connectivity index (χ0) is 15.7. The van der Waals surface area contributed by atoms with Gasteiger partial charge in [0.1, 0.15) is 5.03 Å². The molecule has 2 aliphatic heterocycles. The van der Waals surface area contributed by atoms with Gasteiger partial charge in [0.15, 0.2) is 18.2 Å². The predicted octanol–water partition coefficient (Wildman–Crippen LogP) is 3.43. The van der Waals surface area contributed by atoms with Crippen molar-refractivity contribution in [1.82, 2.24) is 5.32 Å². The average molecular weight is 381 g/mol. The summed E-state index contributed by atoms with van der Waals surface area (Å²) in [5.74, 6) is 1.12. The van der Waals surface area contributed by atoms with Gasteiger partial charge in [0.2, 0.25) is 0 Å². The third-order valence-corrected chi connectivity index (χ3v) is 5.08. The Morgan fingerprint density at radius 3 is 2.82 bits per heavy atom. The highest BCUT2D eigenvalue weighted by Gasteiger charge is 2.38. The van der Waals surface area contributed by atoms with E-state index in [9.17, 15) is 5.21 Å². The summed E-state index contributed by atoms with van der Waals surface area (Å²) in [6.45, 7) is 2.82. The van der Waals surface area contributed by atoms with Crippen LogP contribution in [0.2, 0.25) is 0 Å². The van der Waals surface area contributed by atoms with E-state index in [1.807, 2.05) is 37.4 Å². The molecule has 116 valence electrons. The van der Waals surface area contributed by atoms with Crippen molar-refractivity contribution in [2.24, 2.45) is 9.98 Å². The number of hydroxylamine groups is 3. The fourth-order valence-electron chi connectivity index (χ4n) is 2.61. The lowest BCUT2D eigenvalue weighted by Gasteiger charge is -2.44. The molecule has 0 amide bonds. The van der Waals surface area contributed by atoms with E-state index in [-0.39, 0.29) is 0 Å². The zero-order valence-corrected chi connectivity index (χ0v) is 14.9. The molecule has 0 radical (unpaired) electrons. The summed E-state index contributed by atoms with van der Waals surface area (Å²) in [5.41, 5.74) is 1.59. The molecule has 1 aromatic carbocycles. The van der Waals surface area contributed by atoms with E-state index in [0.717, 1.165) is 21.5 Å². The number of aliphatic imine (C=N–C) groups is 2. The second-order valence-electron chi connectivity index (χ2n) is 5.18. The number of hydrogen-bond acceptors (Lipinski definition) is 5. The van der Waals surface area contributed by atoms with E-state index in [1.165, 1.54) is 0 Å². The summed E-state index contributed by atoms with van der Waals surface area (Å²) in [4.78, 5) is 9.23. The molecular weight excluding hydrogens is 364 g/mol. The van der Waals surface area contributed by atoms with Crippen molar-refractivity contribution in [3.63, 3.8) is 0 Å². The number of thioether (sulfide) groups is 1. The Morgan fingerprint density at radius 1 is 1.36 bits per heavy atom. The van der Waals surface area contributed by atoms with Crippen LogP contribution in [0.25, 0.3) is 0 Å². The number of quaternary nitrogens is 1. The number of rotatable bonds is 4. The largest absolute Gasteiger partial charge is 0.625 e. The Morgan fingerprint density at radius 2 is 2.14 bits per heavy atom. The minimum Gasteiger partial charge on any atom is -0.625 e. The molecule has 0 saturated heterocycles. The third-order valence-electron chi connectivity index (χ3n) is 3.64. The minimum absolute atomic E-state index is 0.311. The Labute approximate surface area is 142 Å². The van der Waals surface area contributed by atoms with Crippen LogP contribution in [0.5, 0.6) is 0 Å². The molecule has 0 spiro atoms. The molecule has 7 heteroatoms. The maximum absolute atomic E-state index is 13.1. The molecular formula is C15H17BrN4OS. The number of nitrogens with one attached hydrogen (secondary N) is 1. The Hall–Kier alpha value is -1.15. The molecule has 3 rings (SSSR count). The highest BCUT2D eigenvalue weighted by Crippen LogP contribution is 2.32. The van der Waals surface area contributed by atoms with Gasteiger partial charge in [-0.15, -0.1) is 11.8 Å². The van der Waals surface area contributed by atoms with Gasteiger partial charge in [0, 0.05) is 10.0 Å². The van der Waals surface area contributed by atoms with Crippen LogP contribution in [-0.4, -0.2) is 35.8 Å². The van der Waals surface area contributed by atoms with Crippen LogP contribution in [0.1, 0.15) is 18.9 Å². The fourth-order valence-corrected chi connectivity index (χ4v) is 3.61. The van der Waals surface area contributed by atoms with Crippen LogP contribution in [0, 0.1) is 5.21 Å². The van der Waals surface area contributed by atoms with Crippen molar-refractivity contribution in [3.8, 4) is 0 Å². The molecule has 2 heterocycles. The number of halogens is 1. The first-order chi connectivity index (χ1) is 10.6. The normalized spacial score (nSPS) is 23.8. The lowest BCUT2D eigenvalue weighted by Crippen LogP contribution is -2.56. The molecule has 0 fully saturated rings. The highest BCUT2D eigenvalue weighted by molar-refractivity contribution is 9.10. The summed E-state index contributed by atoms with van der Waals surface area (Å²) in [7, 11) is 0. The van der Waals surface area contributed by atoms with Crippen molar-refractivity contribution in [1.29, 1.82) is 0 Å². The fraction of sp³-hybridized carbons (Fsp3) is 0.333. The monoisotopic (exact) mass is 380 g/mol. The van der Waals surface area contributed by atoms with Crippen LogP contribution in [-0.2, 0) is 0 Å². The van der Waals surface area contributed by atoms with Crippen LogP contribution in [0.15, 0.2) is 49.4 Å². The lowest BCUT2D eigenvalue weighted by atomic mass is 10.2. The smallest absolute Gasteiger partial charge is 0.260 e. The van der Waals surface area contributed by atoms with Gasteiger partial charge in [-0.25, -0.2) is 4.99 Å². The lowest BCUT2D eigenvalue weighted by molar-refractivity contribution is -0.793. The number of fused-ring (bicyclic) bond motifs is 1. The molecule has 22 heavy (non-hydrogen) atoms. The van der Waals surface area contributed by atoms with Crippen LogP contribution >= 0.6 is 27.7 Å². The van der Waals surface area contributed by atoms with Gasteiger partial charge in [-0.2, -0.15) is 4.99 Å². The van der Waals surface area contributed by atoms with Gasteiger partial charge < -0.3 is 10.5 Å². The second-order valence-corrected chi connectivity index (χ2v) is 6.85. The quantitative estimate of drug-likeness (QED) is 0.642. The molecule has 0 saturated carbocycles. The summed E-state index contributed by atoms with van der Waals surface area (Å²) in [6.07, 6.45) is 2.78. The number of nitrogens with zero attached hydrogens (tertiary/aromatic N) is 3. The van der Waals surface area contributed by atoms with Crippen molar-refractivity contribution in [2.75, 3.05) is 19.5 Å². The van der Waals surface area contributed by atoms with Crippen LogP contribution in [0.4, 0.5) is 0 Å². The molecule has 2 aliphatic rings. The molecule has 1 unspecified atom stereocenters. The maximum atomic E-state index is 13.1. The second kappa shape index (κ2) is 6.16. The molecule has 1 N–H and O–H groups in total. The number of benzene rings is 1. The van der Waals surface area contributed by atoms with E-state index >= 15 is 0 Å². The van der Waals surface area contributed by atoms with Gasteiger partial charge in [-0.1, -0.05) is 41.1 Å². The van der Waals surface area contributed by atoms with Crippen LogP contribution in [0.3, 0.4) is 0 Å². The SMILES string of the molecule is CCC[N+]1([O-])CNC(SC)=C2N=C(c3ccccc3Br)N=C21. The number of amidine groups is 2. The molecule has 5 nitrogen and oxygen atoms in total. The first-order valence-corrected chi connectivity index (χ1v) is 9.14. The number of hydrogen-bond donors (Lipinski definition) is 1. The maximum Gasteiger partial charge on any atom is 0.260 e. The van der Waals surface area contributed by atoms with Crippen molar-refractivity contribution in [2.45, 2.75) is 13.3 Å². The van der Waals surface area contributed by atoms with E-state index in [0.29, 0.717) is 30.6 Å². The van der Waals surface area contributed by atoms with E-state index in [4.69, 9.17) is 0 Å². The zero-order valence-electron chi connectivity index (χ0n) is 12.5. The Kier molecular flexibility index (Phi) is 4.40. The van der Waals surface area contributed by atoms with E-state index < -0.39 is 4.65 Å². The van der Waals surface area contributed by atoms with Gasteiger partial charge in [-0.05, 0) is 18.7 Å². The predicted molar refractivity (Wildman–Crippen MR) is 95.4 cm³/mol. The molecule has 0 aliphatic carbocycles. The molecule has 0 bridgehead atoms. The van der Waals surface area contributed by atoms with Gasteiger partial charge >= 0.3 is 0 Å². The van der Waals surface area contributed by atoms with Gasteiger partial charge in [0.25, 0.3) is 5.84 Å². The Bertz CT molecular complexity index is 701. The summed E-state index contributed by atoms with van der Waals surface area (Å²) < 4.78 is 0.461. The van der Waals surface area contributed by atoms with Gasteiger partial charge in [-0.3, -0.25) is 4.65 Å². The standard InChI is InChI=1S/C15H17BrN4OS/c1-3-8-20(21)9-17-15(22-2)12-14(20)19-13(18-12)10-6-4-5-7-11(10)16/h4-7,17H,3,8-9H2,1-2H3. The Balaban J connectivity index is 2.10. The van der Waals surface area contributed by atoms with Crippen molar-refractivity contribution >= 4 is 39.4 Å². The topological polar surface area (TPSA) is 59.8 Å². The first kappa shape index (κ1) is 15.7. The van der Waals surface area contributed by atoms with Crippen molar-refractivity contribution in [3.05, 3.63) is 50.2 Å². The third kappa shape index (κ3) is 2.62. The minimum atomic E-state index is -0.465. The van der Waals surface area contributed by atoms with E-state index in [2.05, 4.69) is 31.2 Å².